The molecule has 3 nitrogen and oxygen atoms in total. The molecular formula is C14H14ClNO2S2. The highest BCUT2D eigenvalue weighted by Crippen LogP contribution is 2.34. The first kappa shape index (κ1) is 14.1. The third-order valence-corrected chi connectivity index (χ3v) is 6.24. The Hall–Kier alpha value is -0.880. The van der Waals surface area contributed by atoms with E-state index in [1.54, 1.807) is 33.8 Å². The topological polar surface area (TPSA) is 37.4 Å². The van der Waals surface area contributed by atoms with Crippen LogP contribution in [0.15, 0.2) is 46.7 Å². The molecule has 0 amide bonds. The van der Waals surface area contributed by atoms with Crippen LogP contribution in [-0.2, 0) is 16.6 Å². The molecule has 1 saturated carbocycles. The van der Waals surface area contributed by atoms with Gasteiger partial charge in [-0.1, -0.05) is 23.7 Å². The number of thiophene rings is 1. The van der Waals surface area contributed by atoms with Crippen molar-refractivity contribution in [1.82, 2.24) is 4.31 Å². The van der Waals surface area contributed by atoms with E-state index in [1.165, 1.54) is 6.07 Å². The van der Waals surface area contributed by atoms with Gasteiger partial charge in [0, 0.05) is 22.5 Å². The SMILES string of the molecule is O=S(=O)(c1cccc(Cl)c1)N(Cc1cccs1)C1CC1. The number of rotatable bonds is 5. The Balaban J connectivity index is 1.94. The van der Waals surface area contributed by atoms with Gasteiger partial charge in [0.25, 0.3) is 0 Å². The summed E-state index contributed by atoms with van der Waals surface area (Å²) in [6.07, 6.45) is 1.87. The van der Waals surface area contributed by atoms with Gasteiger partial charge in [-0.25, -0.2) is 8.42 Å². The van der Waals surface area contributed by atoms with Crippen LogP contribution in [0.4, 0.5) is 0 Å². The van der Waals surface area contributed by atoms with Crippen LogP contribution in [-0.4, -0.2) is 18.8 Å². The average molecular weight is 328 g/mol. The lowest BCUT2D eigenvalue weighted by atomic mass is 10.4. The molecule has 20 heavy (non-hydrogen) atoms. The lowest BCUT2D eigenvalue weighted by molar-refractivity contribution is 0.401. The van der Waals surface area contributed by atoms with E-state index in [9.17, 15) is 8.42 Å². The predicted octanol–water partition coefficient (Wildman–Crippen LogP) is 3.75. The van der Waals surface area contributed by atoms with E-state index >= 15 is 0 Å². The van der Waals surface area contributed by atoms with Crippen molar-refractivity contribution in [2.75, 3.05) is 0 Å². The van der Waals surface area contributed by atoms with Gasteiger partial charge >= 0.3 is 0 Å². The summed E-state index contributed by atoms with van der Waals surface area (Å²) in [5, 5.41) is 2.41. The van der Waals surface area contributed by atoms with Crippen molar-refractivity contribution in [3.8, 4) is 0 Å². The molecule has 1 aromatic heterocycles. The van der Waals surface area contributed by atoms with Crippen LogP contribution in [0, 0.1) is 0 Å². The van der Waals surface area contributed by atoms with Crippen molar-refractivity contribution >= 4 is 33.0 Å². The molecule has 3 rings (SSSR count). The Morgan fingerprint density at radius 2 is 2.05 bits per heavy atom. The minimum atomic E-state index is -3.48. The van der Waals surface area contributed by atoms with E-state index in [4.69, 9.17) is 11.6 Å². The fraction of sp³-hybridized carbons (Fsp3) is 0.286. The van der Waals surface area contributed by atoms with Gasteiger partial charge < -0.3 is 0 Å². The molecular weight excluding hydrogens is 314 g/mol. The van der Waals surface area contributed by atoms with E-state index in [0.29, 0.717) is 11.6 Å². The van der Waals surface area contributed by atoms with Crippen molar-refractivity contribution in [2.45, 2.75) is 30.3 Å². The van der Waals surface area contributed by atoms with Crippen molar-refractivity contribution in [3.05, 3.63) is 51.7 Å². The van der Waals surface area contributed by atoms with Gasteiger partial charge in [0.15, 0.2) is 0 Å². The highest BCUT2D eigenvalue weighted by atomic mass is 35.5. The molecule has 1 aliphatic carbocycles. The number of benzene rings is 1. The largest absolute Gasteiger partial charge is 0.243 e. The fourth-order valence-corrected chi connectivity index (χ4v) is 4.84. The van der Waals surface area contributed by atoms with Crippen LogP contribution in [0.25, 0.3) is 0 Å². The quantitative estimate of drug-likeness (QED) is 0.838. The summed E-state index contributed by atoms with van der Waals surface area (Å²) in [4.78, 5) is 1.33. The molecule has 106 valence electrons. The molecule has 0 atom stereocenters. The smallest absolute Gasteiger partial charge is 0.207 e. The van der Waals surface area contributed by atoms with Gasteiger partial charge in [-0.15, -0.1) is 11.3 Å². The normalized spacial score (nSPS) is 15.7. The zero-order valence-corrected chi connectivity index (χ0v) is 13.1. The second-order valence-electron chi connectivity index (χ2n) is 4.82. The van der Waals surface area contributed by atoms with Gasteiger partial charge in [0.1, 0.15) is 0 Å². The first-order valence-corrected chi connectivity index (χ1v) is 9.07. The molecule has 6 heteroatoms. The van der Waals surface area contributed by atoms with Crippen LogP contribution in [0.5, 0.6) is 0 Å². The summed E-state index contributed by atoms with van der Waals surface area (Å²) in [6.45, 7) is 0.442. The Bertz CT molecular complexity index is 694. The van der Waals surface area contributed by atoms with Crippen LogP contribution in [0.2, 0.25) is 5.02 Å². The number of sulfonamides is 1. The zero-order valence-electron chi connectivity index (χ0n) is 10.7. The zero-order chi connectivity index (χ0) is 14.2. The number of hydrogen-bond donors (Lipinski definition) is 0. The average Bonchev–Trinajstić information content (AvgIpc) is 3.12. The molecule has 2 aromatic rings. The third-order valence-electron chi connectivity index (χ3n) is 3.25. The lowest BCUT2D eigenvalue weighted by Crippen LogP contribution is -2.32. The van der Waals surface area contributed by atoms with E-state index in [1.807, 2.05) is 17.5 Å². The minimum Gasteiger partial charge on any atom is -0.207 e. The van der Waals surface area contributed by atoms with E-state index in [0.717, 1.165) is 17.7 Å². The Kier molecular flexibility index (Phi) is 3.86. The summed E-state index contributed by atoms with van der Waals surface area (Å²) >= 11 is 7.49. The Labute approximate surface area is 127 Å². The first-order valence-electron chi connectivity index (χ1n) is 6.37. The highest BCUT2D eigenvalue weighted by Gasteiger charge is 2.38. The molecule has 0 saturated heterocycles. The molecule has 0 spiro atoms. The van der Waals surface area contributed by atoms with Gasteiger partial charge in [0.05, 0.1) is 4.90 Å². The highest BCUT2D eigenvalue weighted by molar-refractivity contribution is 7.89. The van der Waals surface area contributed by atoms with Crippen molar-refractivity contribution in [1.29, 1.82) is 0 Å². The standard InChI is InChI=1S/C14H14ClNO2S2/c15-11-3-1-5-14(9-11)20(17,18)16(12-6-7-12)10-13-4-2-8-19-13/h1-5,8-9,12H,6-7,10H2. The van der Waals surface area contributed by atoms with Crippen LogP contribution in [0.1, 0.15) is 17.7 Å². The van der Waals surface area contributed by atoms with Crippen molar-refractivity contribution in [2.24, 2.45) is 0 Å². The molecule has 1 fully saturated rings. The summed E-state index contributed by atoms with van der Waals surface area (Å²) in [6, 6.07) is 10.5. The first-order chi connectivity index (χ1) is 9.57. The monoisotopic (exact) mass is 327 g/mol. The summed E-state index contributed by atoms with van der Waals surface area (Å²) in [7, 11) is -3.48. The molecule has 0 N–H and O–H groups in total. The Morgan fingerprint density at radius 3 is 2.65 bits per heavy atom. The van der Waals surface area contributed by atoms with Gasteiger partial charge in [-0.3, -0.25) is 0 Å². The number of nitrogens with zero attached hydrogens (tertiary/aromatic N) is 1. The van der Waals surface area contributed by atoms with Crippen LogP contribution in [0.3, 0.4) is 0 Å². The maximum absolute atomic E-state index is 12.8. The van der Waals surface area contributed by atoms with Gasteiger partial charge in [-0.2, -0.15) is 4.31 Å². The third kappa shape index (κ3) is 2.91. The van der Waals surface area contributed by atoms with Crippen LogP contribution >= 0.6 is 22.9 Å². The van der Waals surface area contributed by atoms with E-state index in [-0.39, 0.29) is 10.9 Å². The number of hydrogen-bond acceptors (Lipinski definition) is 3. The molecule has 0 unspecified atom stereocenters. The fourth-order valence-electron chi connectivity index (χ4n) is 2.09. The molecule has 0 bridgehead atoms. The Morgan fingerprint density at radius 1 is 1.25 bits per heavy atom. The molecule has 1 aromatic carbocycles. The molecule has 0 aliphatic heterocycles. The molecule has 1 aliphatic rings. The van der Waals surface area contributed by atoms with Crippen LogP contribution < -0.4 is 0 Å². The lowest BCUT2D eigenvalue weighted by Gasteiger charge is -2.21. The number of halogens is 1. The van der Waals surface area contributed by atoms with Crippen molar-refractivity contribution < 1.29 is 8.42 Å². The minimum absolute atomic E-state index is 0.126. The van der Waals surface area contributed by atoms with E-state index in [2.05, 4.69) is 0 Å². The maximum atomic E-state index is 12.8. The maximum Gasteiger partial charge on any atom is 0.243 e. The summed E-state index contributed by atoms with van der Waals surface area (Å²) in [5.74, 6) is 0. The summed E-state index contributed by atoms with van der Waals surface area (Å²) < 4.78 is 27.1. The van der Waals surface area contributed by atoms with Gasteiger partial charge in [0.2, 0.25) is 10.0 Å². The molecule has 1 heterocycles. The van der Waals surface area contributed by atoms with Crippen molar-refractivity contribution in [3.63, 3.8) is 0 Å². The summed E-state index contributed by atoms with van der Waals surface area (Å²) in [5.41, 5.74) is 0. The predicted molar refractivity (Wildman–Crippen MR) is 81.5 cm³/mol. The second-order valence-corrected chi connectivity index (χ2v) is 8.18. The van der Waals surface area contributed by atoms with Gasteiger partial charge in [-0.05, 0) is 42.5 Å². The molecule has 0 radical (unpaired) electrons. The van der Waals surface area contributed by atoms with E-state index < -0.39 is 10.0 Å². The second kappa shape index (κ2) is 5.48.